The predicted molar refractivity (Wildman–Crippen MR) is 107 cm³/mol. The topological polar surface area (TPSA) is 71.6 Å². The summed E-state index contributed by atoms with van der Waals surface area (Å²) in [6, 6.07) is 0. The zero-order chi connectivity index (χ0) is 20.6. The van der Waals surface area contributed by atoms with E-state index in [9.17, 15) is 9.59 Å². The molecule has 0 fully saturated rings. The van der Waals surface area contributed by atoms with Gasteiger partial charge >= 0.3 is 11.9 Å². The monoisotopic (exact) mass is 380 g/mol. The maximum atomic E-state index is 12.5. The Morgan fingerprint density at radius 3 is 2.22 bits per heavy atom. The summed E-state index contributed by atoms with van der Waals surface area (Å²) in [6.07, 6.45) is 5.04. The Morgan fingerprint density at radius 1 is 1.04 bits per heavy atom. The van der Waals surface area contributed by atoms with E-state index >= 15 is 0 Å². The van der Waals surface area contributed by atoms with Crippen LogP contribution < -0.4 is 0 Å². The van der Waals surface area contributed by atoms with Crippen molar-refractivity contribution in [2.75, 3.05) is 27.2 Å². The van der Waals surface area contributed by atoms with Crippen LogP contribution in [0.4, 0.5) is 0 Å². The molecule has 1 aromatic rings. The van der Waals surface area contributed by atoms with Gasteiger partial charge in [-0.25, -0.2) is 9.59 Å². The summed E-state index contributed by atoms with van der Waals surface area (Å²) < 4.78 is 10.7. The molecule has 0 aliphatic heterocycles. The summed E-state index contributed by atoms with van der Waals surface area (Å²) in [7, 11) is 4.15. The zero-order valence-corrected chi connectivity index (χ0v) is 18.0. The second kappa shape index (κ2) is 10.5. The van der Waals surface area contributed by atoms with E-state index in [-0.39, 0.29) is 5.97 Å². The molecule has 0 saturated heterocycles. The minimum Gasteiger partial charge on any atom is -0.462 e. The molecular formula is C21H36N2O4. The van der Waals surface area contributed by atoms with Crippen molar-refractivity contribution in [3.63, 3.8) is 0 Å². The molecule has 154 valence electrons. The molecule has 1 heterocycles. The van der Waals surface area contributed by atoms with Gasteiger partial charge < -0.3 is 19.4 Å². The highest BCUT2D eigenvalue weighted by Gasteiger charge is 2.27. The summed E-state index contributed by atoms with van der Waals surface area (Å²) in [6.45, 7) is 10.4. The number of unbranched alkanes of at least 4 members (excludes halogenated alkanes) is 3. The third-order valence-electron chi connectivity index (χ3n) is 4.19. The van der Waals surface area contributed by atoms with Gasteiger partial charge in [0.05, 0.1) is 12.2 Å². The molecule has 0 aliphatic rings. The Morgan fingerprint density at radius 2 is 1.67 bits per heavy atom. The number of carbonyl (C=O) groups excluding carboxylic acids is 2. The van der Waals surface area contributed by atoms with Crippen molar-refractivity contribution in [2.45, 2.75) is 72.3 Å². The quantitative estimate of drug-likeness (QED) is 0.488. The van der Waals surface area contributed by atoms with E-state index in [4.69, 9.17) is 9.47 Å². The van der Waals surface area contributed by atoms with E-state index in [1.807, 2.05) is 20.8 Å². The van der Waals surface area contributed by atoms with E-state index < -0.39 is 11.6 Å². The standard InChI is InChI=1S/C21H36N2O4/c1-8-26-19(24)17-15(2)18(20(25)27-21(3,4)5)22-16(17)13-11-9-10-12-14-23(6)7/h22H,8-14H2,1-7H3. The number of H-pyrrole nitrogens is 1. The molecular weight excluding hydrogens is 344 g/mol. The van der Waals surface area contributed by atoms with Gasteiger partial charge in [0.15, 0.2) is 0 Å². The number of hydrogen-bond donors (Lipinski definition) is 1. The molecule has 6 nitrogen and oxygen atoms in total. The maximum absolute atomic E-state index is 12.5. The summed E-state index contributed by atoms with van der Waals surface area (Å²) in [5.41, 5.74) is 1.59. The molecule has 0 unspecified atom stereocenters. The van der Waals surface area contributed by atoms with E-state index in [0.29, 0.717) is 29.8 Å². The smallest absolute Gasteiger partial charge is 0.355 e. The average Bonchev–Trinajstić information content (AvgIpc) is 2.85. The van der Waals surface area contributed by atoms with Crippen LogP contribution in [0.25, 0.3) is 0 Å². The van der Waals surface area contributed by atoms with E-state index in [1.54, 1.807) is 13.8 Å². The van der Waals surface area contributed by atoms with Gasteiger partial charge in [-0.2, -0.15) is 0 Å². The van der Waals surface area contributed by atoms with Gasteiger partial charge in [0.2, 0.25) is 0 Å². The van der Waals surface area contributed by atoms with Crippen molar-refractivity contribution >= 4 is 11.9 Å². The Kier molecular flexibility index (Phi) is 9.03. The fraction of sp³-hybridized carbons (Fsp3) is 0.714. The number of nitrogens with zero attached hydrogens (tertiary/aromatic N) is 1. The first kappa shape index (κ1) is 23.2. The first-order valence-corrected chi connectivity index (χ1v) is 9.83. The van der Waals surface area contributed by atoms with Crippen molar-refractivity contribution in [1.82, 2.24) is 9.88 Å². The maximum Gasteiger partial charge on any atom is 0.355 e. The highest BCUT2D eigenvalue weighted by Crippen LogP contribution is 2.24. The summed E-state index contributed by atoms with van der Waals surface area (Å²) in [5.74, 6) is -0.827. The second-order valence-corrected chi connectivity index (χ2v) is 8.17. The largest absolute Gasteiger partial charge is 0.462 e. The van der Waals surface area contributed by atoms with Gasteiger partial charge in [0.25, 0.3) is 0 Å². The number of nitrogens with one attached hydrogen (secondary N) is 1. The number of ether oxygens (including phenoxy) is 2. The molecule has 27 heavy (non-hydrogen) atoms. The summed E-state index contributed by atoms with van der Waals surface area (Å²) >= 11 is 0. The average molecular weight is 381 g/mol. The number of carbonyl (C=O) groups is 2. The predicted octanol–water partition coefficient (Wildman–Crippen LogP) is 4.12. The highest BCUT2D eigenvalue weighted by molar-refractivity contribution is 5.98. The molecule has 0 aromatic carbocycles. The van der Waals surface area contributed by atoms with Crippen LogP contribution in [-0.4, -0.2) is 54.7 Å². The lowest BCUT2D eigenvalue weighted by Gasteiger charge is -2.19. The van der Waals surface area contributed by atoms with Crippen molar-refractivity contribution in [3.05, 3.63) is 22.5 Å². The SMILES string of the molecule is CCOC(=O)c1c(CCCCCCN(C)C)[nH]c(C(=O)OC(C)(C)C)c1C. The Hall–Kier alpha value is -1.82. The fourth-order valence-electron chi connectivity index (χ4n) is 2.94. The van der Waals surface area contributed by atoms with Crippen LogP contribution in [0.2, 0.25) is 0 Å². The summed E-state index contributed by atoms with van der Waals surface area (Å²) in [5, 5.41) is 0. The van der Waals surface area contributed by atoms with Gasteiger partial charge in [0, 0.05) is 5.69 Å². The zero-order valence-electron chi connectivity index (χ0n) is 18.0. The molecule has 1 rings (SSSR count). The minimum atomic E-state index is -0.592. The van der Waals surface area contributed by atoms with Crippen LogP contribution in [0.3, 0.4) is 0 Å². The molecule has 0 amide bonds. The number of esters is 2. The van der Waals surface area contributed by atoms with Gasteiger partial charge in [-0.05, 0) is 80.1 Å². The Bertz CT molecular complexity index is 627. The van der Waals surface area contributed by atoms with Crippen LogP contribution >= 0.6 is 0 Å². The number of aryl methyl sites for hydroxylation is 1. The van der Waals surface area contributed by atoms with Crippen LogP contribution in [0.5, 0.6) is 0 Å². The lowest BCUT2D eigenvalue weighted by Crippen LogP contribution is -2.24. The van der Waals surface area contributed by atoms with Crippen LogP contribution in [-0.2, 0) is 15.9 Å². The van der Waals surface area contributed by atoms with Crippen LogP contribution in [0.15, 0.2) is 0 Å². The highest BCUT2D eigenvalue weighted by atomic mass is 16.6. The number of aromatic nitrogens is 1. The molecule has 0 spiro atoms. The van der Waals surface area contributed by atoms with Gasteiger partial charge in [-0.1, -0.05) is 12.8 Å². The lowest BCUT2D eigenvalue weighted by molar-refractivity contribution is 0.00625. The number of rotatable bonds is 10. The van der Waals surface area contributed by atoms with Crippen molar-refractivity contribution in [1.29, 1.82) is 0 Å². The molecule has 0 bridgehead atoms. The first-order valence-electron chi connectivity index (χ1n) is 9.83. The van der Waals surface area contributed by atoms with Gasteiger partial charge in [-0.3, -0.25) is 0 Å². The molecule has 0 aliphatic carbocycles. The molecule has 6 heteroatoms. The molecule has 1 N–H and O–H groups in total. The van der Waals surface area contributed by atoms with Crippen LogP contribution in [0.1, 0.15) is 85.5 Å². The second-order valence-electron chi connectivity index (χ2n) is 8.17. The van der Waals surface area contributed by atoms with Crippen molar-refractivity contribution in [3.8, 4) is 0 Å². The van der Waals surface area contributed by atoms with Gasteiger partial charge in [-0.15, -0.1) is 0 Å². The van der Waals surface area contributed by atoms with Crippen molar-refractivity contribution in [2.24, 2.45) is 0 Å². The minimum absolute atomic E-state index is 0.301. The summed E-state index contributed by atoms with van der Waals surface area (Å²) in [4.78, 5) is 30.2. The fourth-order valence-corrected chi connectivity index (χ4v) is 2.94. The molecule has 1 aromatic heterocycles. The van der Waals surface area contributed by atoms with Crippen molar-refractivity contribution < 1.29 is 19.1 Å². The number of hydrogen-bond acceptors (Lipinski definition) is 5. The Labute approximate surface area is 163 Å². The third-order valence-corrected chi connectivity index (χ3v) is 4.19. The first-order chi connectivity index (χ1) is 12.6. The molecule has 0 radical (unpaired) electrons. The number of aromatic amines is 1. The van der Waals surface area contributed by atoms with E-state index in [0.717, 1.165) is 37.9 Å². The van der Waals surface area contributed by atoms with Gasteiger partial charge in [0.1, 0.15) is 11.3 Å². The normalized spacial score (nSPS) is 11.7. The van der Waals surface area contributed by atoms with Crippen LogP contribution in [0, 0.1) is 6.92 Å². The third kappa shape index (κ3) is 7.75. The van der Waals surface area contributed by atoms with E-state index in [1.165, 1.54) is 0 Å². The Balaban J connectivity index is 2.89. The lowest BCUT2D eigenvalue weighted by atomic mass is 10.0. The molecule has 0 saturated carbocycles. The molecule has 0 atom stereocenters. The van der Waals surface area contributed by atoms with E-state index in [2.05, 4.69) is 24.0 Å².